The van der Waals surface area contributed by atoms with Crippen LogP contribution in [0.3, 0.4) is 0 Å². The van der Waals surface area contributed by atoms with Crippen LogP contribution in [0.4, 0.5) is 17.5 Å². The summed E-state index contributed by atoms with van der Waals surface area (Å²) in [5.41, 5.74) is 1.39. The van der Waals surface area contributed by atoms with E-state index in [1.54, 1.807) is 30.3 Å². The first-order chi connectivity index (χ1) is 52.8. The Morgan fingerprint density at radius 2 is 0.812 bits per heavy atom. The van der Waals surface area contributed by atoms with Crippen LogP contribution in [-0.2, 0) is 63.8 Å². The molecular formula is C57H78Cl3N22O24P3S3. The Morgan fingerprint density at radius 3 is 1.13 bits per heavy atom. The molecule has 55 heteroatoms. The van der Waals surface area contributed by atoms with Gasteiger partial charge in [-0.25, -0.2) is 25.3 Å². The van der Waals surface area contributed by atoms with Crippen LogP contribution in [0.25, 0.3) is 33.5 Å². The van der Waals surface area contributed by atoms with Crippen molar-refractivity contribution in [3.63, 3.8) is 0 Å². The van der Waals surface area contributed by atoms with Crippen LogP contribution in [0, 0.1) is 5.92 Å². The second-order valence-electron chi connectivity index (χ2n) is 28.3. The first-order valence-corrected chi connectivity index (χ1v) is 46.4. The Labute approximate surface area is 649 Å². The molecule has 614 valence electrons. The van der Waals surface area contributed by atoms with E-state index in [1.165, 1.54) is 0 Å². The van der Waals surface area contributed by atoms with Gasteiger partial charge in [0.2, 0.25) is 26.7 Å². The highest BCUT2D eigenvalue weighted by Crippen LogP contribution is 2.55. The lowest BCUT2D eigenvalue weighted by Gasteiger charge is -2.22. The SMILES string of the molecule is O=P(O)(O)C(CC1CC1)S(=O)(=O)C[C@H]1O[C@@H](n2nnc3c(NC4CCCC4)nc(Cl)nc32)[C@H](O)[C@@H]1O.O=P(O)(O)C(Cc1ccccc1)S(=O)(=O)C[C@H]1O[C@@H](n2nnc3c(NC4CCCC4)nc(Cl)nc32)[C@H](O)[C@@H]1O.O=P(O)(O)C(c1nn[nH]n1)S(=O)(=O)C[C@H]1O[C@@H](n2nnc3c(NC4CCCC4)nc(Cl)nc32)[C@H](O)[C@@H]1O. The largest absolute Gasteiger partial charge is 0.387 e. The molecule has 4 saturated carbocycles. The van der Waals surface area contributed by atoms with Crippen molar-refractivity contribution >= 4 is 138 Å². The average Bonchev–Trinajstić information content (AvgIpc) is 1.65. The zero-order valence-corrected chi connectivity index (χ0v) is 65.7. The lowest BCUT2D eigenvalue weighted by Crippen LogP contribution is -2.38. The molecule has 7 fully saturated rings. The van der Waals surface area contributed by atoms with Gasteiger partial charge in [-0.15, -0.1) is 25.5 Å². The number of H-pyrrole nitrogens is 1. The summed E-state index contributed by atoms with van der Waals surface area (Å²) in [6.07, 6.45) is -6.05. The van der Waals surface area contributed by atoms with Crippen molar-refractivity contribution in [2.75, 3.05) is 33.2 Å². The van der Waals surface area contributed by atoms with Gasteiger partial charge in [-0.05, 0) is 91.2 Å². The molecule has 0 radical (unpaired) electrons. The van der Waals surface area contributed by atoms with Crippen molar-refractivity contribution in [3.8, 4) is 0 Å². The zero-order valence-electron chi connectivity index (χ0n) is 58.3. The molecule has 0 bridgehead atoms. The van der Waals surface area contributed by atoms with Crippen molar-refractivity contribution in [1.29, 1.82) is 0 Å². The number of benzene rings is 1. The van der Waals surface area contributed by atoms with Crippen LogP contribution in [-0.4, -0.2) is 281 Å². The number of aliphatic hydroxyl groups excluding tert-OH is 6. The molecule has 10 heterocycles. The summed E-state index contributed by atoms with van der Waals surface area (Å²) in [7, 11) is -29.1. The quantitative estimate of drug-likeness (QED) is 0.0255. The number of hydrogen-bond donors (Lipinski definition) is 16. The van der Waals surface area contributed by atoms with E-state index >= 15 is 0 Å². The lowest BCUT2D eigenvalue weighted by molar-refractivity contribution is -0.0376. The van der Waals surface area contributed by atoms with Gasteiger partial charge in [-0.3, -0.25) is 13.7 Å². The summed E-state index contributed by atoms with van der Waals surface area (Å²) in [6, 6.07) is 8.56. The fourth-order valence-electron chi connectivity index (χ4n) is 14.4. The summed E-state index contributed by atoms with van der Waals surface area (Å²) >= 11 is 18.3. The predicted octanol–water partition coefficient (Wildman–Crippen LogP) is 0.230. The third-order valence-corrected chi connectivity index (χ3v) is 34.1. The minimum Gasteiger partial charge on any atom is -0.387 e. The molecule has 7 aromatic heterocycles. The number of ether oxygens (including phenoxy) is 3. The molecule has 3 unspecified atom stereocenters. The highest BCUT2D eigenvalue weighted by atomic mass is 35.5. The van der Waals surface area contributed by atoms with Crippen molar-refractivity contribution in [2.24, 2.45) is 5.92 Å². The van der Waals surface area contributed by atoms with Crippen molar-refractivity contribution < 1.29 is 113 Å². The molecule has 1 aromatic carbocycles. The summed E-state index contributed by atoms with van der Waals surface area (Å²) < 4.78 is 135. The lowest BCUT2D eigenvalue weighted by atomic mass is 10.1. The van der Waals surface area contributed by atoms with Crippen molar-refractivity contribution in [2.45, 2.75) is 209 Å². The molecule has 46 nitrogen and oxygen atoms in total. The molecule has 3 saturated heterocycles. The minimum atomic E-state index is -5.34. The number of aromatic nitrogens is 19. The van der Waals surface area contributed by atoms with Crippen molar-refractivity contribution in [1.82, 2.24) is 95.5 Å². The number of aromatic amines is 1. The summed E-state index contributed by atoms with van der Waals surface area (Å²) in [6.45, 7) is 0. The molecule has 0 spiro atoms. The molecule has 16 N–H and O–H groups in total. The van der Waals surface area contributed by atoms with E-state index < -0.39 is 170 Å². The molecule has 3 aliphatic heterocycles. The molecule has 7 aliphatic rings. The van der Waals surface area contributed by atoms with Crippen LogP contribution in [0.15, 0.2) is 30.3 Å². The fraction of sp³-hybridized carbons (Fsp3) is 0.667. The zero-order chi connectivity index (χ0) is 80.3. The number of hydrogen-bond acceptors (Lipinski definition) is 36. The van der Waals surface area contributed by atoms with Gasteiger partial charge < -0.3 is 90.2 Å². The van der Waals surface area contributed by atoms with E-state index in [0.29, 0.717) is 35.9 Å². The van der Waals surface area contributed by atoms with Crippen LogP contribution < -0.4 is 16.0 Å². The second-order valence-corrected chi connectivity index (χ2v) is 42.3. The van der Waals surface area contributed by atoms with Gasteiger partial charge in [-0.2, -0.15) is 49.2 Å². The molecule has 15 rings (SSSR count). The van der Waals surface area contributed by atoms with E-state index in [1.807, 2.05) is 5.21 Å². The number of rotatable bonds is 26. The van der Waals surface area contributed by atoms with Gasteiger partial charge in [0.25, 0.3) is 0 Å². The Morgan fingerprint density at radius 1 is 0.464 bits per heavy atom. The van der Waals surface area contributed by atoms with Gasteiger partial charge >= 0.3 is 22.8 Å². The molecule has 0 amide bonds. The van der Waals surface area contributed by atoms with Gasteiger partial charge in [0.1, 0.15) is 54.9 Å². The third kappa shape index (κ3) is 18.7. The number of tetrazole rings is 1. The highest BCUT2D eigenvalue weighted by molar-refractivity contribution is 7.99. The van der Waals surface area contributed by atoms with Crippen LogP contribution in [0.1, 0.15) is 131 Å². The maximum Gasteiger partial charge on any atom is 0.351 e. The number of fused-ring (bicyclic) bond motifs is 3. The highest BCUT2D eigenvalue weighted by Gasteiger charge is 2.55. The van der Waals surface area contributed by atoms with Crippen LogP contribution in [0.2, 0.25) is 15.9 Å². The Hall–Kier alpha value is -6.06. The Kier molecular flexibility index (Phi) is 25.1. The molecule has 15 atom stereocenters. The van der Waals surface area contributed by atoms with E-state index in [9.17, 15) is 98.9 Å². The van der Waals surface area contributed by atoms with Gasteiger partial charge in [0, 0.05) is 24.5 Å². The predicted molar refractivity (Wildman–Crippen MR) is 389 cm³/mol. The monoisotopic (exact) mass is 1750 g/mol. The van der Waals surface area contributed by atoms with Crippen LogP contribution >= 0.6 is 57.6 Å². The topological polar surface area (TPSA) is 684 Å². The Bertz CT molecular complexity index is 5200. The molecule has 112 heavy (non-hydrogen) atoms. The minimum absolute atomic E-state index is 0.0557. The second kappa shape index (κ2) is 33.5. The number of anilines is 3. The first kappa shape index (κ1) is 83.9. The average molecular weight is 1750 g/mol. The number of aliphatic hydroxyl groups is 6. The molecular weight excluding hydrogens is 1670 g/mol. The fourth-order valence-corrected chi connectivity index (χ4v) is 26.4. The van der Waals surface area contributed by atoms with E-state index in [4.69, 9.17) is 49.0 Å². The number of nitrogens with zero attached hydrogens (tertiary/aromatic N) is 18. The number of halogens is 3. The maximum atomic E-state index is 13.2. The summed E-state index contributed by atoms with van der Waals surface area (Å²) in [4.78, 5) is 76.9. The summed E-state index contributed by atoms with van der Waals surface area (Å²) in [5.74, 6) is -2.73. The molecule has 8 aromatic rings. The summed E-state index contributed by atoms with van der Waals surface area (Å²) in [5, 5.41) is 109. The van der Waals surface area contributed by atoms with E-state index in [2.05, 4.69) is 92.2 Å². The molecule has 4 aliphatic carbocycles. The Balaban J connectivity index is 0.000000147. The smallest absolute Gasteiger partial charge is 0.351 e. The van der Waals surface area contributed by atoms with E-state index in [-0.39, 0.29) is 79.8 Å². The maximum absolute atomic E-state index is 13.2. The van der Waals surface area contributed by atoms with Gasteiger partial charge in [0.05, 0.1) is 17.3 Å². The normalized spacial score (nSPS) is 26.7. The standard InChI is InChI=1S/C22H28ClN6O8PS.C19H28ClN6O8PS.C16H22ClN10O8PS/c23-22-25-19(24-13-8-4-5-9-13)16-20(26-22)29(28-27-16)21-18(31)17(30)14(37-21)11-39(35,36)15(38(32,33)34)10-12-6-2-1-3-7-12;20-19-22-16(21-10-3-1-2-4-10)13-17(23-19)26(25-24-13)18-15(28)14(27)11(34-18)8-36(32,33)12(35(29,30)31)7-9-5-6-9;17-16-19-11(18-6-3-1-2-4-6)8-13(20-16)27(26-21-8)14-10(29)9(28)7(35-14)5-37(33,34)15(36(30,31)32)12-22-24-25-23-12/h1-3,6-7,13-15,17-18,21,30-31H,4-5,8-11H2,(H,24,25,26)(H2,32,33,34);9-12,14-15,18,27-28H,1-8H2,(H,21,22,23)(H2,29,30,31);6-7,9-10,14-15,28-29H,1-5H2,(H,18,19,20)(H2,30,31,32)(H,22,23,24,25)/t14-,15?,17-,18-,21-;11-,12?,14-,15-,18-;7-,9-,10-,14-,15?/m111/s1. The van der Waals surface area contributed by atoms with E-state index in [0.717, 1.165) is 91.1 Å². The number of nitrogens with one attached hydrogen (secondary N) is 4. The van der Waals surface area contributed by atoms with Gasteiger partial charge in [0.15, 0.2) is 109 Å². The van der Waals surface area contributed by atoms with Crippen molar-refractivity contribution in [3.05, 3.63) is 57.6 Å². The van der Waals surface area contributed by atoms with Crippen LogP contribution in [0.5, 0.6) is 0 Å². The van der Waals surface area contributed by atoms with Gasteiger partial charge in [-0.1, -0.05) is 103 Å². The third-order valence-electron chi connectivity index (χ3n) is 20.2. The first-order valence-electron chi connectivity index (χ1n) is 35.1. The number of sulfone groups is 3.